The molecule has 3 aromatic carbocycles. The van der Waals surface area contributed by atoms with E-state index < -0.39 is 5.25 Å². The average Bonchev–Trinajstić information content (AvgIpc) is 2.87. The number of hydrogen-bond donors (Lipinski definition) is 0. The molecule has 0 bridgehead atoms. The van der Waals surface area contributed by atoms with Gasteiger partial charge in [0.15, 0.2) is 0 Å². The molecular weight excluding hydrogens is 446 g/mol. The van der Waals surface area contributed by atoms with E-state index in [4.69, 9.17) is 4.98 Å². The monoisotopic (exact) mass is 465 g/mol. The average molecular weight is 466 g/mol. The Labute approximate surface area is 201 Å². The van der Waals surface area contributed by atoms with Gasteiger partial charge in [-0.15, -0.1) is 0 Å². The fourth-order valence-corrected chi connectivity index (χ4v) is 5.72. The van der Waals surface area contributed by atoms with Gasteiger partial charge in [0.25, 0.3) is 0 Å². The summed E-state index contributed by atoms with van der Waals surface area (Å²) < 4.78 is 0. The largest absolute Gasteiger partial charge is 0.278 e. The first kappa shape index (κ1) is 21.3. The van der Waals surface area contributed by atoms with Crippen molar-refractivity contribution in [3.8, 4) is 17.3 Å². The summed E-state index contributed by atoms with van der Waals surface area (Å²) in [4.78, 5) is 22.4. The Morgan fingerprint density at radius 1 is 0.909 bits per heavy atom. The number of aromatic nitrogens is 1. The Morgan fingerprint density at radius 2 is 1.52 bits per heavy atom. The first-order valence-corrected chi connectivity index (χ1v) is 12.2. The smallest absolute Gasteiger partial charge is 0.244 e. The Kier molecular flexibility index (Phi) is 5.91. The van der Waals surface area contributed by atoms with Gasteiger partial charge >= 0.3 is 0 Å². The molecule has 0 saturated carbocycles. The summed E-state index contributed by atoms with van der Waals surface area (Å²) in [6.45, 7) is 1.87. The predicted molar refractivity (Wildman–Crippen MR) is 134 cm³/mol. The summed E-state index contributed by atoms with van der Waals surface area (Å²) in [5, 5.41) is 9.76. The Balaban J connectivity index is 1.49. The maximum atomic E-state index is 13.8. The van der Waals surface area contributed by atoms with Crippen LogP contribution in [0.1, 0.15) is 12.5 Å². The number of anilines is 2. The summed E-state index contributed by atoms with van der Waals surface area (Å²) >= 11 is 2.99. The molecule has 1 aliphatic rings. The number of benzene rings is 3. The number of nitriles is 1. The van der Waals surface area contributed by atoms with Gasteiger partial charge in [0.1, 0.15) is 11.1 Å². The van der Waals surface area contributed by atoms with Crippen molar-refractivity contribution in [3.05, 3.63) is 96.6 Å². The molecule has 160 valence electrons. The van der Waals surface area contributed by atoms with Crippen molar-refractivity contribution in [2.24, 2.45) is 0 Å². The number of carbonyl (C=O) groups is 1. The number of para-hydroxylation sites is 2. The molecule has 0 fully saturated rings. The second kappa shape index (κ2) is 9.14. The highest BCUT2D eigenvalue weighted by molar-refractivity contribution is 8.00. The van der Waals surface area contributed by atoms with Crippen LogP contribution < -0.4 is 4.90 Å². The summed E-state index contributed by atoms with van der Waals surface area (Å²) in [6, 6.07) is 31.6. The van der Waals surface area contributed by atoms with Crippen molar-refractivity contribution in [1.29, 1.82) is 5.26 Å². The van der Waals surface area contributed by atoms with Gasteiger partial charge in [-0.2, -0.15) is 5.26 Å². The molecule has 0 aliphatic carbocycles. The van der Waals surface area contributed by atoms with E-state index in [1.807, 2.05) is 91.9 Å². The van der Waals surface area contributed by atoms with Gasteiger partial charge in [0.2, 0.25) is 5.91 Å². The van der Waals surface area contributed by atoms with Crippen molar-refractivity contribution in [3.63, 3.8) is 0 Å². The van der Waals surface area contributed by atoms with E-state index in [0.29, 0.717) is 10.6 Å². The third-order valence-electron chi connectivity index (χ3n) is 5.34. The third-order valence-corrected chi connectivity index (χ3v) is 7.56. The molecule has 0 spiro atoms. The highest BCUT2D eigenvalue weighted by Crippen LogP contribution is 2.48. The molecule has 6 heteroatoms. The van der Waals surface area contributed by atoms with Crippen molar-refractivity contribution in [2.45, 2.75) is 27.0 Å². The second-order valence-corrected chi connectivity index (χ2v) is 9.91. The zero-order valence-corrected chi connectivity index (χ0v) is 19.4. The van der Waals surface area contributed by atoms with Crippen LogP contribution in [0.4, 0.5) is 11.4 Å². The lowest BCUT2D eigenvalue weighted by atomic mass is 10.1. The van der Waals surface area contributed by atoms with E-state index in [-0.39, 0.29) is 5.91 Å². The SMILES string of the molecule is CC(Sc1nc(-c2ccccc2)ccc1C#N)C(=O)N1c2ccccc2Sc2ccccc21. The molecule has 0 radical (unpaired) electrons. The van der Waals surface area contributed by atoms with Crippen LogP contribution in [0, 0.1) is 11.3 Å². The fourth-order valence-electron chi connectivity index (χ4n) is 3.73. The van der Waals surface area contributed by atoms with Gasteiger partial charge in [0.05, 0.1) is 27.9 Å². The van der Waals surface area contributed by atoms with Crippen molar-refractivity contribution >= 4 is 40.8 Å². The molecule has 4 nitrogen and oxygen atoms in total. The van der Waals surface area contributed by atoms with Crippen LogP contribution in [0.15, 0.2) is 106 Å². The zero-order chi connectivity index (χ0) is 22.8. The number of carbonyl (C=O) groups excluding carboxylic acids is 1. The predicted octanol–water partition coefficient (Wildman–Crippen LogP) is 6.93. The van der Waals surface area contributed by atoms with Crippen molar-refractivity contribution in [2.75, 3.05) is 4.90 Å². The van der Waals surface area contributed by atoms with Gasteiger partial charge in [-0.3, -0.25) is 9.69 Å². The highest BCUT2D eigenvalue weighted by atomic mass is 32.2. The molecule has 1 unspecified atom stereocenters. The molecule has 0 saturated heterocycles. The minimum atomic E-state index is -0.445. The van der Waals surface area contributed by atoms with Crippen LogP contribution in [-0.2, 0) is 4.79 Å². The van der Waals surface area contributed by atoms with Crippen LogP contribution in [-0.4, -0.2) is 16.1 Å². The van der Waals surface area contributed by atoms with Gasteiger partial charge in [-0.05, 0) is 43.3 Å². The second-order valence-electron chi connectivity index (χ2n) is 7.50. The normalized spacial score (nSPS) is 12.9. The van der Waals surface area contributed by atoms with Gasteiger partial charge < -0.3 is 0 Å². The first-order valence-electron chi connectivity index (χ1n) is 10.5. The van der Waals surface area contributed by atoms with E-state index in [9.17, 15) is 10.1 Å². The highest BCUT2D eigenvalue weighted by Gasteiger charge is 2.31. The maximum Gasteiger partial charge on any atom is 0.244 e. The fraction of sp³-hybridized carbons (Fsp3) is 0.0741. The summed E-state index contributed by atoms with van der Waals surface area (Å²) in [5.74, 6) is -0.0454. The molecule has 5 rings (SSSR count). The topological polar surface area (TPSA) is 57.0 Å². The standard InChI is InChI=1S/C27H19N3OS2/c1-18(32-26-20(17-28)15-16-21(29-26)19-9-3-2-4-10-19)27(31)30-22-11-5-7-13-24(22)33-25-14-8-6-12-23(25)30/h2-16,18H,1H3. The Bertz CT molecular complexity index is 1340. The molecule has 4 aromatic rings. The number of pyridine rings is 1. The first-order chi connectivity index (χ1) is 16.2. The van der Waals surface area contributed by atoms with Crippen LogP contribution in [0.2, 0.25) is 0 Å². The molecule has 1 atom stereocenters. The Morgan fingerprint density at radius 3 is 2.15 bits per heavy atom. The Hall–Kier alpha value is -3.53. The van der Waals surface area contributed by atoms with Gasteiger partial charge in [-0.25, -0.2) is 4.98 Å². The maximum absolute atomic E-state index is 13.8. The van der Waals surface area contributed by atoms with Gasteiger partial charge in [-0.1, -0.05) is 78.1 Å². The third kappa shape index (κ3) is 4.13. The summed E-state index contributed by atoms with van der Waals surface area (Å²) in [6.07, 6.45) is 0. The minimum Gasteiger partial charge on any atom is -0.278 e. The minimum absolute atomic E-state index is 0.0454. The molecule has 0 N–H and O–H groups in total. The lowest BCUT2D eigenvalue weighted by molar-refractivity contribution is -0.117. The zero-order valence-electron chi connectivity index (χ0n) is 17.8. The number of fused-ring (bicyclic) bond motifs is 2. The van der Waals surface area contributed by atoms with Crippen LogP contribution >= 0.6 is 23.5 Å². The summed E-state index contributed by atoms with van der Waals surface area (Å²) in [7, 11) is 0. The van der Waals surface area contributed by atoms with Crippen molar-refractivity contribution in [1.82, 2.24) is 4.98 Å². The lowest BCUT2D eigenvalue weighted by Crippen LogP contribution is -2.34. The van der Waals surface area contributed by atoms with E-state index >= 15 is 0 Å². The molecular formula is C27H19N3OS2. The molecule has 1 aliphatic heterocycles. The van der Waals surface area contributed by atoms with Crippen molar-refractivity contribution < 1.29 is 4.79 Å². The summed E-state index contributed by atoms with van der Waals surface area (Å²) in [5.41, 5.74) is 3.98. The number of rotatable bonds is 4. The molecule has 1 aromatic heterocycles. The van der Waals surface area contributed by atoms with E-state index in [1.54, 1.807) is 22.7 Å². The van der Waals surface area contributed by atoms with Crippen LogP contribution in [0.3, 0.4) is 0 Å². The number of nitrogens with zero attached hydrogens (tertiary/aromatic N) is 3. The van der Waals surface area contributed by atoms with Crippen LogP contribution in [0.5, 0.6) is 0 Å². The molecule has 33 heavy (non-hydrogen) atoms. The van der Waals surface area contributed by atoms with E-state index in [0.717, 1.165) is 32.4 Å². The number of hydrogen-bond acceptors (Lipinski definition) is 5. The number of amides is 1. The quantitative estimate of drug-likeness (QED) is 0.306. The number of thioether (sulfide) groups is 1. The molecule has 1 amide bonds. The van der Waals surface area contributed by atoms with Gasteiger partial charge in [0, 0.05) is 15.4 Å². The van der Waals surface area contributed by atoms with E-state index in [2.05, 4.69) is 6.07 Å². The molecule has 2 heterocycles. The lowest BCUT2D eigenvalue weighted by Gasteiger charge is -2.32. The van der Waals surface area contributed by atoms with Crippen LogP contribution in [0.25, 0.3) is 11.3 Å². The van der Waals surface area contributed by atoms with E-state index in [1.165, 1.54) is 11.8 Å².